The summed E-state index contributed by atoms with van der Waals surface area (Å²) in [6.45, 7) is 12.0. The van der Waals surface area contributed by atoms with Gasteiger partial charge in [0, 0.05) is 12.1 Å². The minimum Gasteiger partial charge on any atom is -0.459 e. The highest BCUT2D eigenvalue weighted by atomic mass is 32.2. The number of carbonyl (C=O) groups is 1. The number of nitrogens with zero attached hydrogens (tertiary/aromatic N) is 3. The summed E-state index contributed by atoms with van der Waals surface area (Å²) >= 11 is 1.32. The number of rotatable bonds is 6. The fraction of sp³-hybridized carbons (Fsp3) is 0.389. The van der Waals surface area contributed by atoms with E-state index >= 15 is 0 Å². The predicted octanol–water partition coefficient (Wildman–Crippen LogP) is 3.87. The third kappa shape index (κ3) is 4.96. The summed E-state index contributed by atoms with van der Waals surface area (Å²) in [7, 11) is 0. The molecule has 24 heavy (non-hydrogen) atoms. The Hall–Kier alpha value is -2.08. The number of hydrogen-bond donors (Lipinski definition) is 0. The largest absolute Gasteiger partial charge is 0.459 e. The molecule has 0 saturated carbocycles. The first kappa shape index (κ1) is 18.3. The Labute approximate surface area is 147 Å². The Morgan fingerprint density at radius 2 is 2.12 bits per heavy atom. The van der Waals surface area contributed by atoms with E-state index in [2.05, 4.69) is 22.8 Å². The Morgan fingerprint density at radius 1 is 1.38 bits per heavy atom. The number of aryl methyl sites for hydroxylation is 1. The van der Waals surface area contributed by atoms with Crippen molar-refractivity contribution in [1.29, 1.82) is 0 Å². The second-order valence-corrected chi connectivity index (χ2v) is 7.39. The van der Waals surface area contributed by atoms with Gasteiger partial charge in [0.15, 0.2) is 11.0 Å². The smallest absolute Gasteiger partial charge is 0.316 e. The molecule has 0 saturated heterocycles. The molecule has 1 aromatic carbocycles. The van der Waals surface area contributed by atoms with Crippen LogP contribution in [0.2, 0.25) is 0 Å². The molecule has 0 atom stereocenters. The Kier molecular flexibility index (Phi) is 5.83. The van der Waals surface area contributed by atoms with Gasteiger partial charge in [0.05, 0.1) is 5.75 Å². The Morgan fingerprint density at radius 3 is 2.75 bits per heavy atom. The molecular weight excluding hydrogens is 322 g/mol. The zero-order valence-electron chi connectivity index (χ0n) is 14.6. The highest BCUT2D eigenvalue weighted by molar-refractivity contribution is 7.99. The van der Waals surface area contributed by atoms with Gasteiger partial charge in [-0.2, -0.15) is 0 Å². The SMILES string of the molecule is C=CCn1c(SCC(=O)OC(C)(C)C)nnc1-c1cccc(C)c1. The van der Waals surface area contributed by atoms with E-state index in [1.165, 1.54) is 11.8 Å². The number of aromatic nitrogens is 3. The number of esters is 1. The first-order valence-corrected chi connectivity index (χ1v) is 8.74. The molecule has 2 rings (SSSR count). The Balaban J connectivity index is 2.19. The molecule has 2 aromatic rings. The minimum atomic E-state index is -0.487. The summed E-state index contributed by atoms with van der Waals surface area (Å²) in [4.78, 5) is 11.9. The summed E-state index contributed by atoms with van der Waals surface area (Å²) in [6.07, 6.45) is 1.79. The van der Waals surface area contributed by atoms with Crippen LogP contribution in [0.3, 0.4) is 0 Å². The third-order valence-electron chi connectivity index (χ3n) is 3.04. The van der Waals surface area contributed by atoms with E-state index in [1.54, 1.807) is 6.08 Å². The van der Waals surface area contributed by atoms with Gasteiger partial charge in [-0.25, -0.2) is 0 Å². The Bertz CT molecular complexity index is 732. The standard InChI is InChI=1S/C18H23N3O2S/c1-6-10-21-16(14-9-7-8-13(2)11-14)19-20-17(21)24-12-15(22)23-18(3,4)5/h6-9,11H,1,10,12H2,2-5H3. The fourth-order valence-corrected chi connectivity index (χ4v) is 2.90. The predicted molar refractivity (Wildman–Crippen MR) is 97.0 cm³/mol. The van der Waals surface area contributed by atoms with Crippen LogP contribution in [0.25, 0.3) is 11.4 Å². The lowest BCUT2D eigenvalue weighted by atomic mass is 10.1. The third-order valence-corrected chi connectivity index (χ3v) is 3.98. The molecule has 0 unspecified atom stereocenters. The summed E-state index contributed by atoms with van der Waals surface area (Å²) < 4.78 is 7.28. The molecule has 1 heterocycles. The van der Waals surface area contributed by atoms with Crippen molar-refractivity contribution in [3.63, 3.8) is 0 Å². The molecule has 0 amide bonds. The molecule has 0 N–H and O–H groups in total. The van der Waals surface area contributed by atoms with Crippen molar-refractivity contribution in [2.45, 2.75) is 45.0 Å². The van der Waals surface area contributed by atoms with Crippen LogP contribution >= 0.6 is 11.8 Å². The number of allylic oxidation sites excluding steroid dienone is 1. The average molecular weight is 345 g/mol. The molecular formula is C18H23N3O2S. The number of ether oxygens (including phenoxy) is 1. The van der Waals surface area contributed by atoms with Gasteiger partial charge in [0.1, 0.15) is 5.60 Å². The number of benzene rings is 1. The molecule has 5 nitrogen and oxygen atoms in total. The summed E-state index contributed by atoms with van der Waals surface area (Å²) in [6, 6.07) is 8.09. The lowest BCUT2D eigenvalue weighted by molar-refractivity contribution is -0.151. The van der Waals surface area contributed by atoms with Crippen molar-refractivity contribution in [2.75, 3.05) is 5.75 Å². The zero-order chi connectivity index (χ0) is 17.7. The van der Waals surface area contributed by atoms with Gasteiger partial charge in [0.25, 0.3) is 0 Å². The lowest BCUT2D eigenvalue weighted by Gasteiger charge is -2.19. The molecule has 0 aliphatic carbocycles. The summed E-state index contributed by atoms with van der Waals surface area (Å²) in [5.41, 5.74) is 1.66. The first-order valence-electron chi connectivity index (χ1n) is 7.76. The van der Waals surface area contributed by atoms with Gasteiger partial charge in [-0.05, 0) is 33.8 Å². The molecule has 0 bridgehead atoms. The molecule has 128 valence electrons. The van der Waals surface area contributed by atoms with Crippen molar-refractivity contribution in [2.24, 2.45) is 0 Å². The molecule has 6 heteroatoms. The van der Waals surface area contributed by atoms with E-state index in [0.717, 1.165) is 17.0 Å². The van der Waals surface area contributed by atoms with Gasteiger partial charge in [-0.1, -0.05) is 41.6 Å². The lowest BCUT2D eigenvalue weighted by Crippen LogP contribution is -2.25. The average Bonchev–Trinajstić information content (AvgIpc) is 2.87. The first-order chi connectivity index (χ1) is 11.3. The van der Waals surface area contributed by atoms with E-state index in [9.17, 15) is 4.79 Å². The van der Waals surface area contributed by atoms with Crippen LogP contribution in [0.5, 0.6) is 0 Å². The van der Waals surface area contributed by atoms with Crippen LogP contribution in [-0.2, 0) is 16.1 Å². The van der Waals surface area contributed by atoms with Crippen LogP contribution in [0.4, 0.5) is 0 Å². The second kappa shape index (κ2) is 7.66. The van der Waals surface area contributed by atoms with Gasteiger partial charge >= 0.3 is 5.97 Å². The van der Waals surface area contributed by atoms with Crippen molar-refractivity contribution in [3.05, 3.63) is 42.5 Å². The fourth-order valence-electron chi connectivity index (χ4n) is 2.18. The highest BCUT2D eigenvalue weighted by Gasteiger charge is 2.19. The molecule has 1 aromatic heterocycles. The quantitative estimate of drug-likeness (QED) is 0.452. The van der Waals surface area contributed by atoms with Gasteiger partial charge in [-0.15, -0.1) is 16.8 Å². The number of carbonyl (C=O) groups excluding carboxylic acids is 1. The molecule has 0 spiro atoms. The molecule has 0 aliphatic heterocycles. The van der Waals surface area contributed by atoms with Crippen LogP contribution in [-0.4, -0.2) is 32.1 Å². The molecule has 0 aliphatic rings. The normalized spacial score (nSPS) is 11.3. The highest BCUT2D eigenvalue weighted by Crippen LogP contribution is 2.25. The summed E-state index contributed by atoms with van der Waals surface area (Å²) in [5, 5.41) is 9.20. The number of thioether (sulfide) groups is 1. The maximum atomic E-state index is 11.9. The maximum Gasteiger partial charge on any atom is 0.316 e. The van der Waals surface area contributed by atoms with Crippen LogP contribution in [0.15, 0.2) is 42.1 Å². The van der Waals surface area contributed by atoms with Gasteiger partial charge < -0.3 is 4.74 Å². The molecule has 0 fully saturated rings. The topological polar surface area (TPSA) is 57.0 Å². The number of hydrogen-bond acceptors (Lipinski definition) is 5. The van der Waals surface area contributed by atoms with E-state index in [0.29, 0.717) is 11.7 Å². The maximum absolute atomic E-state index is 11.9. The second-order valence-electron chi connectivity index (χ2n) is 6.45. The summed E-state index contributed by atoms with van der Waals surface area (Å²) in [5.74, 6) is 0.698. The van der Waals surface area contributed by atoms with Crippen molar-refractivity contribution in [3.8, 4) is 11.4 Å². The van der Waals surface area contributed by atoms with E-state index in [1.807, 2.05) is 50.5 Å². The van der Waals surface area contributed by atoms with E-state index in [-0.39, 0.29) is 11.7 Å². The van der Waals surface area contributed by atoms with Crippen molar-refractivity contribution in [1.82, 2.24) is 14.8 Å². The zero-order valence-corrected chi connectivity index (χ0v) is 15.4. The van der Waals surface area contributed by atoms with Crippen LogP contribution in [0, 0.1) is 6.92 Å². The van der Waals surface area contributed by atoms with Gasteiger partial charge in [-0.3, -0.25) is 9.36 Å². The van der Waals surface area contributed by atoms with Gasteiger partial charge in [0.2, 0.25) is 0 Å². The van der Waals surface area contributed by atoms with Crippen molar-refractivity contribution < 1.29 is 9.53 Å². The molecule has 0 radical (unpaired) electrons. The monoisotopic (exact) mass is 345 g/mol. The van der Waals surface area contributed by atoms with E-state index < -0.39 is 5.60 Å². The van der Waals surface area contributed by atoms with Crippen molar-refractivity contribution >= 4 is 17.7 Å². The van der Waals surface area contributed by atoms with E-state index in [4.69, 9.17) is 4.74 Å². The van der Waals surface area contributed by atoms with Crippen LogP contribution < -0.4 is 0 Å². The minimum absolute atomic E-state index is 0.195. The van der Waals surface area contributed by atoms with Crippen LogP contribution in [0.1, 0.15) is 26.3 Å².